The fourth-order valence-electron chi connectivity index (χ4n) is 4.03. The van der Waals surface area contributed by atoms with E-state index in [4.69, 9.17) is 32.9 Å². The molecule has 1 amide bonds. The summed E-state index contributed by atoms with van der Waals surface area (Å²) in [6.45, 7) is 2.07. The molecule has 35 heavy (non-hydrogen) atoms. The summed E-state index contributed by atoms with van der Waals surface area (Å²) >= 11 is 12.3. The maximum atomic E-state index is 12.3. The molecule has 0 saturated carbocycles. The zero-order valence-electron chi connectivity index (χ0n) is 19.6. The molecule has 0 spiro atoms. The second-order valence-corrected chi connectivity index (χ2v) is 9.19. The molecule has 0 aliphatic heterocycles. The van der Waals surface area contributed by atoms with Gasteiger partial charge in [-0.1, -0.05) is 65.7 Å². The van der Waals surface area contributed by atoms with Crippen molar-refractivity contribution in [3.8, 4) is 5.75 Å². The number of rotatable bonds is 12. The van der Waals surface area contributed by atoms with E-state index in [2.05, 4.69) is 16.0 Å². The number of nitrogens with zero attached hydrogens (tertiary/aromatic N) is 2. The Labute approximate surface area is 216 Å². The Morgan fingerprint density at radius 1 is 0.886 bits per heavy atom. The highest BCUT2D eigenvalue weighted by atomic mass is 35.5. The Balaban J connectivity index is 1.27. The van der Waals surface area contributed by atoms with Gasteiger partial charge in [0.25, 0.3) is 0 Å². The summed E-state index contributed by atoms with van der Waals surface area (Å²) in [5, 5.41) is 4.25. The monoisotopic (exact) mass is 509 g/mol. The van der Waals surface area contributed by atoms with E-state index < -0.39 is 0 Å². The Hall–Kier alpha value is -3.02. The third-order valence-electron chi connectivity index (χ3n) is 5.81. The van der Waals surface area contributed by atoms with Gasteiger partial charge in [0.2, 0.25) is 5.91 Å². The van der Waals surface area contributed by atoms with Crippen LogP contribution in [0.15, 0.2) is 72.8 Å². The first kappa shape index (κ1) is 25.1. The molecule has 0 fully saturated rings. The molecule has 4 rings (SSSR count). The lowest BCUT2D eigenvalue weighted by Crippen LogP contribution is -2.26. The van der Waals surface area contributed by atoms with Crippen molar-refractivity contribution in [3.05, 3.63) is 94.2 Å². The molecule has 0 radical (unpaired) electrons. The molecule has 0 aliphatic rings. The average molecular weight is 510 g/mol. The quantitative estimate of drug-likeness (QED) is 0.222. The van der Waals surface area contributed by atoms with Gasteiger partial charge in [-0.2, -0.15) is 0 Å². The molecule has 5 nitrogen and oxygen atoms in total. The molecule has 1 N–H and O–H groups in total. The third kappa shape index (κ3) is 7.00. The number of carbonyl (C=O) groups is 1. The van der Waals surface area contributed by atoms with Crippen molar-refractivity contribution < 1.29 is 9.53 Å². The average Bonchev–Trinajstić information content (AvgIpc) is 3.21. The van der Waals surface area contributed by atoms with Crippen LogP contribution in [0.1, 0.15) is 30.7 Å². The summed E-state index contributed by atoms with van der Waals surface area (Å²) < 4.78 is 8.11. The van der Waals surface area contributed by atoms with Crippen LogP contribution in [-0.2, 0) is 24.2 Å². The van der Waals surface area contributed by atoms with Gasteiger partial charge in [-0.3, -0.25) is 4.79 Å². The van der Waals surface area contributed by atoms with Gasteiger partial charge in [0.15, 0.2) is 0 Å². The van der Waals surface area contributed by atoms with Crippen molar-refractivity contribution in [1.29, 1.82) is 0 Å². The molecular weight excluding hydrogens is 481 g/mol. The van der Waals surface area contributed by atoms with Crippen molar-refractivity contribution in [2.24, 2.45) is 0 Å². The molecule has 3 aromatic carbocycles. The van der Waals surface area contributed by atoms with E-state index in [-0.39, 0.29) is 12.3 Å². The lowest BCUT2D eigenvalue weighted by Gasteiger charge is -2.11. The Morgan fingerprint density at radius 3 is 2.46 bits per heavy atom. The molecule has 1 heterocycles. The number of aromatic nitrogens is 2. The number of fused-ring (bicyclic) bond motifs is 1. The van der Waals surface area contributed by atoms with Gasteiger partial charge in [-0.25, -0.2) is 4.98 Å². The predicted octanol–water partition coefficient (Wildman–Crippen LogP) is 6.49. The molecule has 0 aliphatic carbocycles. The third-order valence-corrected chi connectivity index (χ3v) is 6.49. The summed E-state index contributed by atoms with van der Waals surface area (Å²) in [7, 11) is 0. The number of benzene rings is 3. The summed E-state index contributed by atoms with van der Waals surface area (Å²) in [4.78, 5) is 17.2. The minimum absolute atomic E-state index is 0.0230. The van der Waals surface area contributed by atoms with Crippen LogP contribution in [0.4, 0.5) is 0 Å². The number of ether oxygens (including phenoxy) is 1. The van der Waals surface area contributed by atoms with Crippen LogP contribution in [-0.4, -0.2) is 28.6 Å². The largest absolute Gasteiger partial charge is 0.492 e. The van der Waals surface area contributed by atoms with Gasteiger partial charge >= 0.3 is 0 Å². The van der Waals surface area contributed by atoms with Crippen LogP contribution >= 0.6 is 23.2 Å². The first-order valence-electron chi connectivity index (χ1n) is 11.9. The molecule has 1 aromatic heterocycles. The van der Waals surface area contributed by atoms with Crippen molar-refractivity contribution >= 4 is 40.1 Å². The highest BCUT2D eigenvalue weighted by Crippen LogP contribution is 2.23. The molecule has 182 valence electrons. The second-order valence-electron chi connectivity index (χ2n) is 8.38. The van der Waals surface area contributed by atoms with E-state index in [0.29, 0.717) is 23.2 Å². The van der Waals surface area contributed by atoms with Crippen LogP contribution < -0.4 is 10.1 Å². The fraction of sp³-hybridized carbons (Fsp3) is 0.286. The lowest BCUT2D eigenvalue weighted by atomic mass is 10.1. The van der Waals surface area contributed by atoms with E-state index in [1.165, 1.54) is 0 Å². The van der Waals surface area contributed by atoms with Crippen LogP contribution in [0.3, 0.4) is 0 Å². The molecule has 0 atom stereocenters. The number of hydrogen-bond donors (Lipinski definition) is 1. The minimum Gasteiger partial charge on any atom is -0.492 e. The van der Waals surface area contributed by atoms with Crippen molar-refractivity contribution in [2.45, 2.75) is 38.6 Å². The zero-order chi connectivity index (χ0) is 24.5. The molecule has 7 heteroatoms. The first-order chi connectivity index (χ1) is 17.1. The number of nitrogens with one attached hydrogen (secondary N) is 1. The highest BCUT2D eigenvalue weighted by molar-refractivity contribution is 6.32. The van der Waals surface area contributed by atoms with E-state index in [9.17, 15) is 4.79 Å². The maximum absolute atomic E-state index is 12.3. The molecule has 4 aromatic rings. The Kier molecular flexibility index (Phi) is 9.04. The molecule has 0 unspecified atom stereocenters. The summed E-state index contributed by atoms with van der Waals surface area (Å²) in [5.41, 5.74) is 2.97. The normalized spacial score (nSPS) is 11.0. The second kappa shape index (κ2) is 12.6. The SMILES string of the molecule is O=C(Cc1ccccc1Cl)NCCCc1nc2ccccc2n1CCCCOc1ccccc1Cl. The van der Waals surface area contributed by atoms with E-state index in [1.807, 2.05) is 60.7 Å². The van der Waals surface area contributed by atoms with E-state index in [1.54, 1.807) is 6.07 Å². The summed E-state index contributed by atoms with van der Waals surface area (Å²) in [6.07, 6.45) is 3.76. The van der Waals surface area contributed by atoms with Gasteiger partial charge in [-0.05, 0) is 55.2 Å². The first-order valence-corrected chi connectivity index (χ1v) is 12.7. The predicted molar refractivity (Wildman–Crippen MR) is 142 cm³/mol. The van der Waals surface area contributed by atoms with Gasteiger partial charge in [0.05, 0.1) is 29.1 Å². The van der Waals surface area contributed by atoms with Gasteiger partial charge in [0.1, 0.15) is 11.6 Å². The summed E-state index contributed by atoms with van der Waals surface area (Å²) in [6, 6.07) is 23.2. The number of aryl methyl sites for hydroxylation is 2. The van der Waals surface area contributed by atoms with Crippen LogP contribution in [0.25, 0.3) is 11.0 Å². The van der Waals surface area contributed by atoms with E-state index in [0.717, 1.165) is 60.4 Å². The molecule has 0 saturated heterocycles. The number of imidazole rings is 1. The number of para-hydroxylation sites is 3. The Bertz CT molecular complexity index is 1270. The summed E-state index contributed by atoms with van der Waals surface area (Å²) in [5.74, 6) is 1.74. The number of halogens is 2. The van der Waals surface area contributed by atoms with Gasteiger partial charge < -0.3 is 14.6 Å². The Morgan fingerprint density at radius 2 is 1.63 bits per heavy atom. The van der Waals surface area contributed by atoms with Gasteiger partial charge in [-0.15, -0.1) is 0 Å². The molecule has 0 bridgehead atoms. The standard InChI is InChI=1S/C28H29Cl2N3O2/c29-22-11-2-1-10-21(22)20-28(34)31-17-9-16-27-32-24-13-4-5-14-25(24)33(27)18-7-8-19-35-26-15-6-3-12-23(26)30/h1-6,10-15H,7-9,16-20H2,(H,31,34). The maximum Gasteiger partial charge on any atom is 0.224 e. The molecular formula is C28H29Cl2N3O2. The number of unbranched alkanes of at least 4 members (excludes halogenated alkanes) is 1. The topological polar surface area (TPSA) is 56.2 Å². The number of carbonyl (C=O) groups excluding carboxylic acids is 1. The lowest BCUT2D eigenvalue weighted by molar-refractivity contribution is -0.120. The number of amides is 1. The highest BCUT2D eigenvalue weighted by Gasteiger charge is 2.11. The fourth-order valence-corrected chi connectivity index (χ4v) is 4.43. The zero-order valence-corrected chi connectivity index (χ0v) is 21.1. The van der Waals surface area contributed by atoms with E-state index >= 15 is 0 Å². The van der Waals surface area contributed by atoms with Crippen molar-refractivity contribution in [1.82, 2.24) is 14.9 Å². The smallest absolute Gasteiger partial charge is 0.224 e. The van der Waals surface area contributed by atoms with Gasteiger partial charge in [0, 0.05) is 24.5 Å². The van der Waals surface area contributed by atoms with Crippen molar-refractivity contribution in [2.75, 3.05) is 13.2 Å². The van der Waals surface area contributed by atoms with Crippen LogP contribution in [0.2, 0.25) is 10.0 Å². The van der Waals surface area contributed by atoms with Crippen LogP contribution in [0, 0.1) is 0 Å². The number of hydrogen-bond acceptors (Lipinski definition) is 3. The van der Waals surface area contributed by atoms with Crippen LogP contribution in [0.5, 0.6) is 5.75 Å². The minimum atomic E-state index is -0.0230. The van der Waals surface area contributed by atoms with Crippen molar-refractivity contribution in [3.63, 3.8) is 0 Å².